The van der Waals surface area contributed by atoms with Crippen molar-refractivity contribution in [3.05, 3.63) is 65.2 Å². The number of nitrogens with one attached hydrogen (secondary N) is 2. The Labute approximate surface area is 197 Å². The van der Waals surface area contributed by atoms with Crippen molar-refractivity contribution in [2.75, 3.05) is 12.4 Å². The highest BCUT2D eigenvalue weighted by Gasteiger charge is 2.54. The number of imide groups is 1. The summed E-state index contributed by atoms with van der Waals surface area (Å²) in [5, 5.41) is 5.56. The Balaban J connectivity index is 1.45. The molecule has 1 saturated carbocycles. The number of esters is 1. The number of ether oxygens (including phenoxy) is 1. The lowest BCUT2D eigenvalue weighted by molar-refractivity contribution is -0.136. The van der Waals surface area contributed by atoms with Crippen LogP contribution in [0.1, 0.15) is 54.1 Å². The Morgan fingerprint density at radius 3 is 2.38 bits per heavy atom. The molecule has 4 amide bonds. The maximum Gasteiger partial charge on any atom is 0.337 e. The molecule has 2 N–H and O–H groups in total. The fourth-order valence-electron chi connectivity index (χ4n) is 4.34. The van der Waals surface area contributed by atoms with Crippen molar-refractivity contribution in [3.63, 3.8) is 0 Å². The molecule has 0 radical (unpaired) electrons. The Morgan fingerprint density at radius 1 is 1.06 bits per heavy atom. The predicted molar refractivity (Wildman–Crippen MR) is 125 cm³/mol. The molecule has 0 aromatic heterocycles. The zero-order valence-electron chi connectivity index (χ0n) is 19.0. The third-order valence-electron chi connectivity index (χ3n) is 6.18. The molecule has 1 saturated heterocycles. The number of amides is 4. The van der Waals surface area contributed by atoms with Crippen LogP contribution < -0.4 is 10.6 Å². The molecular formula is C26H25N3O5. The fourth-order valence-corrected chi connectivity index (χ4v) is 4.34. The quantitative estimate of drug-likeness (QED) is 0.415. The average molecular weight is 460 g/mol. The minimum atomic E-state index is -0.955. The summed E-state index contributed by atoms with van der Waals surface area (Å²) >= 11 is 0. The molecule has 0 bridgehead atoms. The zero-order chi connectivity index (χ0) is 24.3. The van der Waals surface area contributed by atoms with Crippen LogP contribution in [0.5, 0.6) is 0 Å². The van der Waals surface area contributed by atoms with Crippen LogP contribution in [0.25, 0.3) is 0 Å². The van der Waals surface area contributed by atoms with Gasteiger partial charge in [-0.2, -0.15) is 0 Å². The van der Waals surface area contributed by atoms with Gasteiger partial charge in [-0.3, -0.25) is 9.59 Å². The number of carbonyl (C=O) groups is 4. The lowest BCUT2D eigenvalue weighted by Gasteiger charge is -2.23. The van der Waals surface area contributed by atoms with Gasteiger partial charge in [0.25, 0.3) is 5.91 Å². The van der Waals surface area contributed by atoms with Crippen molar-refractivity contribution in [1.82, 2.24) is 10.2 Å². The topological polar surface area (TPSA) is 105 Å². The Bertz CT molecular complexity index is 1220. The van der Waals surface area contributed by atoms with Gasteiger partial charge < -0.3 is 15.4 Å². The van der Waals surface area contributed by atoms with Gasteiger partial charge in [0, 0.05) is 16.8 Å². The van der Waals surface area contributed by atoms with E-state index in [1.807, 2.05) is 0 Å². The van der Waals surface area contributed by atoms with Gasteiger partial charge in [0.15, 0.2) is 0 Å². The molecule has 174 valence electrons. The second-order valence-electron chi connectivity index (χ2n) is 8.46. The number of nitrogens with zero attached hydrogens (tertiary/aromatic N) is 1. The van der Waals surface area contributed by atoms with E-state index in [4.69, 9.17) is 4.74 Å². The molecule has 1 unspecified atom stereocenters. The van der Waals surface area contributed by atoms with Crippen LogP contribution in [-0.4, -0.2) is 47.4 Å². The number of benzene rings is 2. The van der Waals surface area contributed by atoms with Crippen LogP contribution in [0, 0.1) is 11.8 Å². The molecule has 2 fully saturated rings. The summed E-state index contributed by atoms with van der Waals surface area (Å²) in [5.41, 5.74) is 1.34. The zero-order valence-corrected chi connectivity index (χ0v) is 19.0. The van der Waals surface area contributed by atoms with Crippen molar-refractivity contribution < 1.29 is 23.9 Å². The molecule has 1 atom stereocenters. The molecule has 8 nitrogen and oxygen atoms in total. The van der Waals surface area contributed by atoms with Gasteiger partial charge in [-0.05, 0) is 56.2 Å². The van der Waals surface area contributed by atoms with E-state index in [1.165, 1.54) is 7.11 Å². The van der Waals surface area contributed by atoms with E-state index in [-0.39, 0.29) is 5.91 Å². The number of hydrogen-bond donors (Lipinski definition) is 2. The van der Waals surface area contributed by atoms with Gasteiger partial charge in [-0.1, -0.05) is 36.8 Å². The lowest BCUT2D eigenvalue weighted by atomic mass is 9.97. The lowest BCUT2D eigenvalue weighted by Crippen LogP contribution is -2.48. The van der Waals surface area contributed by atoms with E-state index in [0.717, 1.165) is 17.7 Å². The highest BCUT2D eigenvalue weighted by atomic mass is 16.5. The number of urea groups is 1. The molecule has 2 aliphatic rings. The maximum absolute atomic E-state index is 12.9. The van der Waals surface area contributed by atoms with Crippen LogP contribution in [0.15, 0.2) is 48.5 Å². The first-order valence-electron chi connectivity index (χ1n) is 11.1. The summed E-state index contributed by atoms with van der Waals surface area (Å²) in [5.74, 6) is 4.77. The van der Waals surface area contributed by atoms with Crippen LogP contribution >= 0.6 is 0 Å². The highest BCUT2D eigenvalue weighted by molar-refractivity contribution is 6.11. The van der Waals surface area contributed by atoms with Crippen LogP contribution in [0.2, 0.25) is 0 Å². The SMILES string of the molecule is COC(=O)c1cccc(C#Cc2cccc(NC(=O)C(C)N3C(=O)NC4(CCCC4)C3=O)c2)c1. The van der Waals surface area contributed by atoms with Gasteiger partial charge in [0.1, 0.15) is 11.6 Å². The van der Waals surface area contributed by atoms with E-state index in [0.29, 0.717) is 35.2 Å². The number of anilines is 1. The minimum absolute atomic E-state index is 0.327. The standard InChI is InChI=1S/C26H25N3O5/c1-17(29-24(32)26(28-25(29)33)13-3-4-14-26)22(30)27-21-10-6-8-19(16-21)12-11-18-7-5-9-20(15-18)23(31)34-2/h5-10,15-17H,3-4,13-14H2,1-2H3,(H,27,30)(H,28,33). The summed E-state index contributed by atoms with van der Waals surface area (Å²) in [6.07, 6.45) is 2.96. The molecule has 1 spiro atoms. The largest absolute Gasteiger partial charge is 0.465 e. The summed E-state index contributed by atoms with van der Waals surface area (Å²) in [6.45, 7) is 1.54. The number of hydrogen-bond acceptors (Lipinski definition) is 5. The third-order valence-corrected chi connectivity index (χ3v) is 6.18. The molecule has 1 heterocycles. The van der Waals surface area contributed by atoms with Gasteiger partial charge in [-0.25, -0.2) is 14.5 Å². The first-order chi connectivity index (χ1) is 16.3. The molecule has 34 heavy (non-hydrogen) atoms. The van der Waals surface area contributed by atoms with E-state index >= 15 is 0 Å². The van der Waals surface area contributed by atoms with Crippen LogP contribution in [0.4, 0.5) is 10.5 Å². The summed E-state index contributed by atoms with van der Waals surface area (Å²) in [7, 11) is 1.32. The van der Waals surface area contributed by atoms with E-state index in [2.05, 4.69) is 22.5 Å². The Kier molecular flexibility index (Phi) is 6.37. The second-order valence-corrected chi connectivity index (χ2v) is 8.46. The molecular weight excluding hydrogens is 434 g/mol. The number of rotatable bonds is 4. The molecule has 8 heteroatoms. The molecule has 1 aliphatic carbocycles. The van der Waals surface area contributed by atoms with Crippen LogP contribution in [0.3, 0.4) is 0 Å². The number of methoxy groups -OCH3 is 1. The van der Waals surface area contributed by atoms with Crippen molar-refractivity contribution in [3.8, 4) is 11.8 Å². The molecule has 1 aliphatic heterocycles. The smallest absolute Gasteiger partial charge is 0.337 e. The summed E-state index contributed by atoms with van der Waals surface area (Å²) in [4.78, 5) is 51.0. The van der Waals surface area contributed by atoms with Gasteiger partial charge in [0.2, 0.25) is 5.91 Å². The van der Waals surface area contributed by atoms with Crippen LogP contribution in [-0.2, 0) is 14.3 Å². The maximum atomic E-state index is 12.9. The normalized spacial score (nSPS) is 17.1. The Hall–Kier alpha value is -4.12. The van der Waals surface area contributed by atoms with E-state index in [9.17, 15) is 19.2 Å². The fraction of sp³-hybridized carbons (Fsp3) is 0.308. The minimum Gasteiger partial charge on any atom is -0.465 e. The number of carbonyl (C=O) groups excluding carboxylic acids is 4. The van der Waals surface area contributed by atoms with Gasteiger partial charge in [0.05, 0.1) is 12.7 Å². The van der Waals surface area contributed by atoms with Crippen molar-refractivity contribution in [2.24, 2.45) is 0 Å². The Morgan fingerprint density at radius 2 is 1.71 bits per heavy atom. The second kappa shape index (κ2) is 9.40. The van der Waals surface area contributed by atoms with E-state index < -0.39 is 29.5 Å². The first-order valence-corrected chi connectivity index (χ1v) is 11.1. The summed E-state index contributed by atoms with van der Waals surface area (Å²) in [6, 6.07) is 12.3. The summed E-state index contributed by atoms with van der Waals surface area (Å²) < 4.78 is 4.73. The van der Waals surface area contributed by atoms with E-state index in [1.54, 1.807) is 55.5 Å². The van der Waals surface area contributed by atoms with Crippen molar-refractivity contribution >= 4 is 29.5 Å². The van der Waals surface area contributed by atoms with Gasteiger partial charge >= 0.3 is 12.0 Å². The first kappa shape index (κ1) is 23.1. The molecule has 2 aromatic rings. The highest BCUT2D eigenvalue weighted by Crippen LogP contribution is 2.35. The average Bonchev–Trinajstić information content (AvgIpc) is 3.41. The van der Waals surface area contributed by atoms with Crippen molar-refractivity contribution in [2.45, 2.75) is 44.2 Å². The molecule has 2 aromatic carbocycles. The monoisotopic (exact) mass is 459 g/mol. The molecule has 4 rings (SSSR count). The predicted octanol–water partition coefficient (Wildman–Crippen LogP) is 3.06. The van der Waals surface area contributed by atoms with Gasteiger partial charge in [-0.15, -0.1) is 0 Å². The third kappa shape index (κ3) is 4.50. The van der Waals surface area contributed by atoms with Crippen molar-refractivity contribution in [1.29, 1.82) is 0 Å².